The highest BCUT2D eigenvalue weighted by molar-refractivity contribution is 5.85. The van der Waals surface area contributed by atoms with E-state index in [-0.39, 0.29) is 18.5 Å². The molecular weight excluding hydrogens is 164 g/mol. The number of methoxy groups -OCH3 is 1. The molecule has 0 saturated heterocycles. The Kier molecular flexibility index (Phi) is 4.37. The average Bonchev–Trinajstić information content (AvgIpc) is 1.86. The van der Waals surface area contributed by atoms with Crippen LogP contribution < -0.4 is 0 Å². The Morgan fingerprint density at radius 3 is 2.55 bits per heavy atom. The molecule has 0 aliphatic heterocycles. The maximum Gasteiger partial charge on any atom is 0.0644 e. The molecule has 0 spiro atoms. The summed E-state index contributed by atoms with van der Waals surface area (Å²) < 4.78 is 5.17. The van der Waals surface area contributed by atoms with Crippen molar-refractivity contribution >= 4 is 12.4 Å². The monoisotopic (exact) mass is 180 g/mol. The van der Waals surface area contributed by atoms with E-state index < -0.39 is 5.60 Å². The highest BCUT2D eigenvalue weighted by atomic mass is 35.5. The molecule has 0 radical (unpaired) electrons. The molecule has 2 unspecified atom stereocenters. The van der Waals surface area contributed by atoms with Crippen molar-refractivity contribution in [1.82, 2.24) is 0 Å². The average molecular weight is 181 g/mol. The van der Waals surface area contributed by atoms with E-state index in [0.29, 0.717) is 0 Å². The molecule has 1 aliphatic carbocycles. The fourth-order valence-electron chi connectivity index (χ4n) is 1.61. The van der Waals surface area contributed by atoms with E-state index in [1.807, 2.05) is 6.92 Å². The van der Waals surface area contributed by atoms with Crippen molar-refractivity contribution in [1.29, 1.82) is 0 Å². The highest BCUT2D eigenvalue weighted by Crippen LogP contribution is 2.28. The molecule has 0 amide bonds. The van der Waals surface area contributed by atoms with Gasteiger partial charge < -0.3 is 9.84 Å². The molecular formula is C8H17ClO2. The molecule has 2 nitrogen and oxygen atoms in total. The first kappa shape index (κ1) is 11.2. The van der Waals surface area contributed by atoms with Crippen LogP contribution in [0.15, 0.2) is 0 Å². The van der Waals surface area contributed by atoms with Gasteiger partial charge in [-0.05, 0) is 26.2 Å². The highest BCUT2D eigenvalue weighted by Gasteiger charge is 2.29. The zero-order valence-electron chi connectivity index (χ0n) is 7.17. The second-order valence-corrected chi connectivity index (χ2v) is 3.45. The van der Waals surface area contributed by atoms with Gasteiger partial charge in [-0.3, -0.25) is 0 Å². The fourth-order valence-corrected chi connectivity index (χ4v) is 1.61. The van der Waals surface area contributed by atoms with Gasteiger partial charge in [0.15, 0.2) is 0 Å². The summed E-state index contributed by atoms with van der Waals surface area (Å²) in [6, 6.07) is 0. The van der Waals surface area contributed by atoms with E-state index >= 15 is 0 Å². The molecule has 0 heterocycles. The van der Waals surface area contributed by atoms with Crippen LogP contribution in [0.1, 0.15) is 32.6 Å². The normalized spacial score (nSPS) is 37.9. The second kappa shape index (κ2) is 4.29. The lowest BCUT2D eigenvalue weighted by Gasteiger charge is -2.32. The van der Waals surface area contributed by atoms with Crippen molar-refractivity contribution < 1.29 is 9.84 Å². The van der Waals surface area contributed by atoms with Crippen molar-refractivity contribution in [2.75, 3.05) is 7.11 Å². The van der Waals surface area contributed by atoms with Gasteiger partial charge in [0, 0.05) is 13.5 Å². The quantitative estimate of drug-likeness (QED) is 0.667. The number of rotatable bonds is 1. The Bertz CT molecular complexity index is 115. The first-order chi connectivity index (χ1) is 4.64. The summed E-state index contributed by atoms with van der Waals surface area (Å²) in [5, 5.41) is 9.60. The van der Waals surface area contributed by atoms with E-state index in [0.717, 1.165) is 25.7 Å². The molecule has 1 fully saturated rings. The van der Waals surface area contributed by atoms with Crippen LogP contribution in [-0.2, 0) is 4.74 Å². The number of aliphatic hydroxyl groups is 1. The summed E-state index contributed by atoms with van der Waals surface area (Å²) >= 11 is 0. The molecule has 3 heteroatoms. The standard InChI is InChI=1S/C8H16O2.ClH/c1-8(9)5-3-4-7(6-8)10-2;/h7,9H,3-6H2,1-2H3;1H. The summed E-state index contributed by atoms with van der Waals surface area (Å²) in [6.07, 6.45) is 4.19. The van der Waals surface area contributed by atoms with Crippen molar-refractivity contribution in [3.63, 3.8) is 0 Å². The Morgan fingerprint density at radius 1 is 1.55 bits per heavy atom. The molecule has 11 heavy (non-hydrogen) atoms. The molecule has 68 valence electrons. The SMILES string of the molecule is COC1CCCC(C)(O)C1.Cl. The van der Waals surface area contributed by atoms with E-state index in [1.165, 1.54) is 0 Å². The Morgan fingerprint density at radius 2 is 2.18 bits per heavy atom. The lowest BCUT2D eigenvalue weighted by molar-refractivity contribution is -0.0468. The summed E-state index contributed by atoms with van der Waals surface area (Å²) in [7, 11) is 1.71. The summed E-state index contributed by atoms with van der Waals surface area (Å²) in [5.74, 6) is 0. The first-order valence-electron chi connectivity index (χ1n) is 3.89. The second-order valence-electron chi connectivity index (χ2n) is 3.45. The summed E-state index contributed by atoms with van der Waals surface area (Å²) in [4.78, 5) is 0. The first-order valence-corrected chi connectivity index (χ1v) is 3.89. The van der Waals surface area contributed by atoms with E-state index in [9.17, 15) is 5.11 Å². The van der Waals surface area contributed by atoms with Crippen LogP contribution in [0, 0.1) is 0 Å². The topological polar surface area (TPSA) is 29.5 Å². The van der Waals surface area contributed by atoms with Crippen LogP contribution >= 0.6 is 12.4 Å². The van der Waals surface area contributed by atoms with E-state index in [2.05, 4.69) is 0 Å². The van der Waals surface area contributed by atoms with Gasteiger partial charge in [-0.25, -0.2) is 0 Å². The lowest BCUT2D eigenvalue weighted by Crippen LogP contribution is -2.35. The van der Waals surface area contributed by atoms with Crippen LogP contribution in [0.2, 0.25) is 0 Å². The third-order valence-corrected chi connectivity index (χ3v) is 2.24. The lowest BCUT2D eigenvalue weighted by atomic mass is 9.85. The molecule has 0 bridgehead atoms. The van der Waals surface area contributed by atoms with Gasteiger partial charge in [0.05, 0.1) is 11.7 Å². The van der Waals surface area contributed by atoms with Crippen molar-refractivity contribution in [2.45, 2.75) is 44.3 Å². The molecule has 2 atom stereocenters. The van der Waals surface area contributed by atoms with Gasteiger partial charge in [0.2, 0.25) is 0 Å². The predicted octanol–water partition coefficient (Wildman–Crippen LogP) is 1.75. The number of hydrogen-bond donors (Lipinski definition) is 1. The van der Waals surface area contributed by atoms with Crippen LogP contribution in [-0.4, -0.2) is 23.9 Å². The summed E-state index contributed by atoms with van der Waals surface area (Å²) in [6.45, 7) is 1.89. The smallest absolute Gasteiger partial charge is 0.0644 e. The van der Waals surface area contributed by atoms with Crippen LogP contribution in [0.25, 0.3) is 0 Å². The summed E-state index contributed by atoms with van der Waals surface area (Å²) in [5.41, 5.74) is -0.473. The van der Waals surface area contributed by atoms with Crippen molar-refractivity contribution in [2.24, 2.45) is 0 Å². The van der Waals surface area contributed by atoms with Crippen molar-refractivity contribution in [3.05, 3.63) is 0 Å². The largest absolute Gasteiger partial charge is 0.390 e. The minimum Gasteiger partial charge on any atom is -0.390 e. The van der Waals surface area contributed by atoms with Crippen LogP contribution in [0.5, 0.6) is 0 Å². The minimum absolute atomic E-state index is 0. The van der Waals surface area contributed by atoms with Gasteiger partial charge in [0.1, 0.15) is 0 Å². The van der Waals surface area contributed by atoms with Gasteiger partial charge in [-0.1, -0.05) is 0 Å². The maximum atomic E-state index is 9.60. The number of ether oxygens (including phenoxy) is 1. The number of halogens is 1. The molecule has 1 N–H and O–H groups in total. The van der Waals surface area contributed by atoms with Gasteiger partial charge in [-0.15, -0.1) is 12.4 Å². The van der Waals surface area contributed by atoms with E-state index in [1.54, 1.807) is 7.11 Å². The zero-order chi connectivity index (χ0) is 7.61. The Hall–Kier alpha value is 0.210. The number of hydrogen-bond acceptors (Lipinski definition) is 2. The molecule has 0 aromatic rings. The molecule has 1 saturated carbocycles. The minimum atomic E-state index is -0.473. The Balaban J connectivity index is 0.000001000. The molecule has 1 rings (SSSR count). The third-order valence-electron chi connectivity index (χ3n) is 2.24. The van der Waals surface area contributed by atoms with Gasteiger partial charge in [-0.2, -0.15) is 0 Å². The van der Waals surface area contributed by atoms with Crippen LogP contribution in [0.3, 0.4) is 0 Å². The molecule has 1 aliphatic rings. The third kappa shape index (κ3) is 3.41. The van der Waals surface area contributed by atoms with Crippen molar-refractivity contribution in [3.8, 4) is 0 Å². The zero-order valence-corrected chi connectivity index (χ0v) is 7.99. The van der Waals surface area contributed by atoms with Crippen LogP contribution in [0.4, 0.5) is 0 Å². The van der Waals surface area contributed by atoms with Gasteiger partial charge in [0.25, 0.3) is 0 Å². The van der Waals surface area contributed by atoms with Gasteiger partial charge >= 0.3 is 0 Å². The predicted molar refractivity (Wildman–Crippen MR) is 47.1 cm³/mol. The molecule has 0 aromatic heterocycles. The Labute approximate surface area is 74.3 Å². The molecule has 0 aromatic carbocycles. The maximum absolute atomic E-state index is 9.60. The fraction of sp³-hybridized carbons (Fsp3) is 1.00. The van der Waals surface area contributed by atoms with E-state index in [4.69, 9.17) is 4.74 Å².